The summed E-state index contributed by atoms with van der Waals surface area (Å²) in [5, 5.41) is 12.4. The monoisotopic (exact) mass is 603 g/mol. The fraction of sp³-hybridized carbons (Fsp3) is 0.121. The number of pyridine rings is 1. The Morgan fingerprint density at radius 1 is 0.977 bits per heavy atom. The van der Waals surface area contributed by atoms with Gasteiger partial charge in [0.25, 0.3) is 11.8 Å². The number of aromatic nitrogens is 4. The molecule has 210 valence electrons. The summed E-state index contributed by atoms with van der Waals surface area (Å²) in [4.78, 5) is 31.1. The summed E-state index contributed by atoms with van der Waals surface area (Å²) in [5.74, 6) is 6.98. The standard InChI is InChI=1S/C33H22ClN5O3S/c1-19-36-37-30-31(42-20(2)40)35-29(25-14-5-7-15-27(25)34)26-18-21(43-33(26)39(19)30)10-9-17-38-28-16-8-6-12-23(28)22-11-3-4-13-24(22)32(38)41/h3-8,11-16,18,31H,17H2,1-2H3. The SMILES string of the molecule is CC(=O)OC1N=C(c2ccccc2Cl)c2cc(C#CCn3c(=O)c4ccccc4c4ccccc43)sc2-n2c(C)nnc21. The molecule has 1 atom stereocenters. The second-order valence-corrected chi connectivity index (χ2v) is 11.4. The van der Waals surface area contributed by atoms with Gasteiger partial charge in [-0.25, -0.2) is 4.99 Å². The number of aliphatic imine (C=N–C) groups is 1. The molecule has 0 N–H and O–H groups in total. The van der Waals surface area contributed by atoms with Crippen LogP contribution in [0, 0.1) is 18.8 Å². The lowest BCUT2D eigenvalue weighted by Gasteiger charge is -2.12. The van der Waals surface area contributed by atoms with E-state index in [2.05, 4.69) is 22.0 Å². The van der Waals surface area contributed by atoms with Gasteiger partial charge in [0, 0.05) is 33.8 Å². The van der Waals surface area contributed by atoms with E-state index in [-0.39, 0.29) is 12.1 Å². The van der Waals surface area contributed by atoms with Crippen molar-refractivity contribution in [3.63, 3.8) is 0 Å². The highest BCUT2D eigenvalue weighted by Gasteiger charge is 2.32. The van der Waals surface area contributed by atoms with Crippen LogP contribution >= 0.6 is 22.9 Å². The van der Waals surface area contributed by atoms with Crippen LogP contribution in [0.3, 0.4) is 0 Å². The molecular formula is C33H22ClN5O3S. The van der Waals surface area contributed by atoms with E-state index < -0.39 is 12.2 Å². The van der Waals surface area contributed by atoms with Crippen molar-refractivity contribution in [2.24, 2.45) is 4.99 Å². The maximum atomic E-state index is 13.5. The minimum absolute atomic E-state index is 0.0834. The lowest BCUT2D eigenvalue weighted by Crippen LogP contribution is -2.20. The van der Waals surface area contributed by atoms with Gasteiger partial charge in [-0.05, 0) is 36.6 Å². The first kappa shape index (κ1) is 26.8. The Labute approximate surface area is 254 Å². The summed E-state index contributed by atoms with van der Waals surface area (Å²) < 4.78 is 9.13. The summed E-state index contributed by atoms with van der Waals surface area (Å²) in [7, 11) is 0. The number of fused-ring (bicyclic) bond motifs is 6. The number of thiophene rings is 1. The van der Waals surface area contributed by atoms with Crippen molar-refractivity contribution in [1.29, 1.82) is 0 Å². The molecule has 3 aromatic heterocycles. The number of ether oxygens (including phenoxy) is 1. The molecule has 0 amide bonds. The molecule has 1 aliphatic heterocycles. The number of carbonyl (C=O) groups excluding carboxylic acids is 1. The number of benzene rings is 3. The van der Waals surface area contributed by atoms with E-state index in [4.69, 9.17) is 21.3 Å². The highest BCUT2D eigenvalue weighted by Crippen LogP contribution is 2.37. The highest BCUT2D eigenvalue weighted by atomic mass is 35.5. The van der Waals surface area contributed by atoms with Crippen LogP contribution in [0.15, 0.2) is 88.6 Å². The van der Waals surface area contributed by atoms with Crippen molar-refractivity contribution >= 4 is 56.3 Å². The van der Waals surface area contributed by atoms with Gasteiger partial charge in [0.2, 0.25) is 5.82 Å². The molecule has 6 aromatic rings. The Balaban J connectivity index is 1.36. The summed E-state index contributed by atoms with van der Waals surface area (Å²) >= 11 is 8.07. The summed E-state index contributed by atoms with van der Waals surface area (Å²) in [6, 6.07) is 24.8. The molecule has 0 bridgehead atoms. The molecule has 3 aromatic carbocycles. The van der Waals surface area contributed by atoms with Crippen LogP contribution in [0.2, 0.25) is 5.02 Å². The molecule has 0 radical (unpaired) electrons. The van der Waals surface area contributed by atoms with E-state index in [0.29, 0.717) is 33.3 Å². The normalized spacial score (nSPS) is 13.9. The Morgan fingerprint density at radius 3 is 2.49 bits per heavy atom. The van der Waals surface area contributed by atoms with Gasteiger partial charge in [0.1, 0.15) is 10.8 Å². The number of carbonyl (C=O) groups is 1. The third-order valence-electron chi connectivity index (χ3n) is 7.23. The molecule has 0 aliphatic carbocycles. The first-order chi connectivity index (χ1) is 20.9. The molecule has 43 heavy (non-hydrogen) atoms. The number of rotatable bonds is 3. The third kappa shape index (κ3) is 4.61. The average Bonchev–Trinajstić information content (AvgIpc) is 3.57. The molecule has 0 fully saturated rings. The van der Waals surface area contributed by atoms with Gasteiger partial charge in [-0.1, -0.05) is 78.0 Å². The highest BCUT2D eigenvalue weighted by molar-refractivity contribution is 7.15. The van der Waals surface area contributed by atoms with Crippen LogP contribution in [0.1, 0.15) is 40.8 Å². The smallest absolute Gasteiger partial charge is 0.304 e. The van der Waals surface area contributed by atoms with E-state index in [1.165, 1.54) is 18.3 Å². The van der Waals surface area contributed by atoms with Crippen LogP contribution in [0.5, 0.6) is 0 Å². The first-order valence-corrected chi connectivity index (χ1v) is 14.7. The Morgan fingerprint density at radius 2 is 1.70 bits per heavy atom. The molecule has 1 unspecified atom stereocenters. The maximum absolute atomic E-state index is 13.5. The van der Waals surface area contributed by atoms with Crippen molar-refractivity contribution in [2.75, 3.05) is 0 Å². The fourth-order valence-electron chi connectivity index (χ4n) is 5.38. The second-order valence-electron chi connectivity index (χ2n) is 9.95. The van der Waals surface area contributed by atoms with Crippen molar-refractivity contribution in [1.82, 2.24) is 19.3 Å². The molecule has 4 heterocycles. The van der Waals surface area contributed by atoms with Gasteiger partial charge in [0.15, 0.2) is 0 Å². The zero-order chi connectivity index (χ0) is 29.7. The van der Waals surface area contributed by atoms with Crippen molar-refractivity contribution in [3.05, 3.63) is 122 Å². The summed E-state index contributed by atoms with van der Waals surface area (Å²) in [5.41, 5.74) is 2.74. The molecule has 8 nitrogen and oxygen atoms in total. The van der Waals surface area contributed by atoms with E-state index >= 15 is 0 Å². The van der Waals surface area contributed by atoms with Gasteiger partial charge in [-0.15, -0.1) is 21.5 Å². The van der Waals surface area contributed by atoms with E-state index in [1.807, 2.05) is 84.3 Å². The number of hydrogen-bond donors (Lipinski definition) is 0. The molecule has 0 saturated heterocycles. The molecule has 1 aliphatic rings. The zero-order valence-corrected chi connectivity index (χ0v) is 24.6. The number of hydrogen-bond acceptors (Lipinski definition) is 7. The molecule has 0 saturated carbocycles. The summed E-state index contributed by atoms with van der Waals surface area (Å²) in [6.45, 7) is 3.37. The minimum Gasteiger partial charge on any atom is -0.432 e. The van der Waals surface area contributed by atoms with Gasteiger partial charge in [-0.2, -0.15) is 0 Å². The van der Waals surface area contributed by atoms with Crippen LogP contribution in [0.4, 0.5) is 0 Å². The predicted octanol–water partition coefficient (Wildman–Crippen LogP) is 6.22. The van der Waals surface area contributed by atoms with Crippen molar-refractivity contribution in [3.8, 4) is 16.8 Å². The maximum Gasteiger partial charge on any atom is 0.304 e. The topological polar surface area (TPSA) is 91.4 Å². The minimum atomic E-state index is -1.01. The number of aryl methyl sites for hydroxylation is 1. The Kier molecular flexibility index (Phi) is 6.65. The predicted molar refractivity (Wildman–Crippen MR) is 168 cm³/mol. The van der Waals surface area contributed by atoms with Crippen LogP contribution in [0.25, 0.3) is 26.7 Å². The van der Waals surface area contributed by atoms with Crippen LogP contribution in [-0.4, -0.2) is 31.0 Å². The lowest BCUT2D eigenvalue weighted by atomic mass is 10.0. The Hall–Kier alpha value is -5.04. The molecule has 0 spiro atoms. The zero-order valence-electron chi connectivity index (χ0n) is 23.0. The van der Waals surface area contributed by atoms with Crippen LogP contribution in [-0.2, 0) is 16.1 Å². The Bertz CT molecular complexity index is 2250. The average molecular weight is 604 g/mol. The molecule has 7 rings (SSSR count). The lowest BCUT2D eigenvalue weighted by molar-refractivity contribution is -0.146. The van der Waals surface area contributed by atoms with E-state index in [0.717, 1.165) is 31.7 Å². The van der Waals surface area contributed by atoms with Gasteiger partial charge in [0.05, 0.1) is 22.7 Å². The number of esters is 1. The van der Waals surface area contributed by atoms with Gasteiger partial charge in [-0.3, -0.25) is 18.7 Å². The number of para-hydroxylation sites is 1. The van der Waals surface area contributed by atoms with Gasteiger partial charge < -0.3 is 4.74 Å². The third-order valence-corrected chi connectivity index (χ3v) is 8.60. The molecular weight excluding hydrogens is 582 g/mol. The molecule has 10 heteroatoms. The van der Waals surface area contributed by atoms with Gasteiger partial charge >= 0.3 is 5.97 Å². The van der Waals surface area contributed by atoms with E-state index in [9.17, 15) is 9.59 Å². The second kappa shape index (κ2) is 10.7. The first-order valence-electron chi connectivity index (χ1n) is 13.5. The fourth-order valence-corrected chi connectivity index (χ4v) is 6.69. The van der Waals surface area contributed by atoms with Crippen molar-refractivity contribution < 1.29 is 9.53 Å². The van der Waals surface area contributed by atoms with Crippen LogP contribution < -0.4 is 5.56 Å². The largest absolute Gasteiger partial charge is 0.432 e. The van der Waals surface area contributed by atoms with Crippen molar-refractivity contribution in [2.45, 2.75) is 26.6 Å². The quantitative estimate of drug-likeness (QED) is 0.136. The van der Waals surface area contributed by atoms with E-state index in [1.54, 1.807) is 10.6 Å². The number of nitrogens with zero attached hydrogens (tertiary/aromatic N) is 5. The number of halogens is 1. The summed E-state index contributed by atoms with van der Waals surface area (Å²) in [6.07, 6.45) is -1.01.